The lowest BCUT2D eigenvalue weighted by Crippen LogP contribution is -2.49. The highest BCUT2D eigenvalue weighted by molar-refractivity contribution is 7.88. The number of piperidine rings is 1. The van der Waals surface area contributed by atoms with E-state index in [9.17, 15) is 13.2 Å². The quantitative estimate of drug-likeness (QED) is 0.876. The molecule has 1 atom stereocenters. The average molecular weight is 361 g/mol. The summed E-state index contributed by atoms with van der Waals surface area (Å²) in [4.78, 5) is 20.7. The molecule has 0 radical (unpaired) electrons. The van der Waals surface area contributed by atoms with E-state index in [-0.39, 0.29) is 29.2 Å². The van der Waals surface area contributed by atoms with Crippen molar-refractivity contribution in [1.82, 2.24) is 19.6 Å². The minimum Gasteiger partial charge on any atom is -0.347 e. The van der Waals surface area contributed by atoms with Gasteiger partial charge in [-0.15, -0.1) is 0 Å². The minimum atomic E-state index is -3.26. The lowest BCUT2D eigenvalue weighted by atomic mass is 10.1. The number of rotatable bonds is 4. The standard InChI is InChI=1S/C14H21ClN4O3S/c1-9(2)13-16-7-11(15)12(18-13)14(20)17-10-5-4-6-19(8-10)23(3,21)22/h7,9-10H,4-6,8H2,1-3H3,(H,17,20). The SMILES string of the molecule is CC(C)c1ncc(Cl)c(C(=O)NC2CCCN(S(C)(=O)=O)C2)n1. The Labute approximate surface area is 141 Å². The van der Waals surface area contributed by atoms with Gasteiger partial charge in [0, 0.05) is 25.0 Å². The van der Waals surface area contributed by atoms with Crippen LogP contribution < -0.4 is 5.32 Å². The molecule has 128 valence electrons. The Morgan fingerprint density at radius 2 is 2.17 bits per heavy atom. The van der Waals surface area contributed by atoms with Crippen molar-refractivity contribution in [3.8, 4) is 0 Å². The van der Waals surface area contributed by atoms with E-state index < -0.39 is 15.9 Å². The van der Waals surface area contributed by atoms with Crippen molar-refractivity contribution in [2.45, 2.75) is 38.6 Å². The predicted molar refractivity (Wildman–Crippen MR) is 88.0 cm³/mol. The molecule has 1 aromatic rings. The zero-order valence-corrected chi connectivity index (χ0v) is 15.0. The monoisotopic (exact) mass is 360 g/mol. The summed E-state index contributed by atoms with van der Waals surface area (Å²) in [5, 5.41) is 3.01. The molecule has 9 heteroatoms. The summed E-state index contributed by atoms with van der Waals surface area (Å²) in [6, 6.07) is -0.250. The highest BCUT2D eigenvalue weighted by Gasteiger charge is 2.28. The number of carbonyl (C=O) groups is 1. The number of nitrogens with one attached hydrogen (secondary N) is 1. The van der Waals surface area contributed by atoms with E-state index in [4.69, 9.17) is 11.6 Å². The van der Waals surface area contributed by atoms with Crippen molar-refractivity contribution in [2.75, 3.05) is 19.3 Å². The fraction of sp³-hybridized carbons (Fsp3) is 0.643. The van der Waals surface area contributed by atoms with Gasteiger partial charge in [0.05, 0.1) is 17.5 Å². The fourth-order valence-electron chi connectivity index (χ4n) is 2.43. The first-order valence-corrected chi connectivity index (χ1v) is 9.69. The molecule has 2 heterocycles. The first-order chi connectivity index (χ1) is 10.7. The van der Waals surface area contributed by atoms with Gasteiger partial charge in [0.1, 0.15) is 11.5 Å². The number of hydrogen-bond donors (Lipinski definition) is 1. The van der Waals surface area contributed by atoms with E-state index in [1.54, 1.807) is 0 Å². The molecule has 1 aromatic heterocycles. The summed E-state index contributed by atoms with van der Waals surface area (Å²) in [6.45, 7) is 4.60. The van der Waals surface area contributed by atoms with Crippen LogP contribution in [0.25, 0.3) is 0 Å². The fourth-order valence-corrected chi connectivity index (χ4v) is 3.52. The second-order valence-electron chi connectivity index (χ2n) is 6.01. The van der Waals surface area contributed by atoms with Crippen molar-refractivity contribution < 1.29 is 13.2 Å². The van der Waals surface area contributed by atoms with Gasteiger partial charge in [-0.3, -0.25) is 4.79 Å². The summed E-state index contributed by atoms with van der Waals surface area (Å²) < 4.78 is 24.6. The van der Waals surface area contributed by atoms with Crippen molar-refractivity contribution in [1.29, 1.82) is 0 Å². The molecule has 0 saturated carbocycles. The van der Waals surface area contributed by atoms with Crippen molar-refractivity contribution >= 4 is 27.5 Å². The van der Waals surface area contributed by atoms with E-state index in [2.05, 4.69) is 15.3 Å². The van der Waals surface area contributed by atoms with Gasteiger partial charge in [0.25, 0.3) is 5.91 Å². The predicted octanol–water partition coefficient (Wildman–Crippen LogP) is 1.41. The zero-order chi connectivity index (χ0) is 17.2. The lowest BCUT2D eigenvalue weighted by molar-refractivity contribution is 0.0916. The van der Waals surface area contributed by atoms with Crippen molar-refractivity contribution in [3.05, 3.63) is 22.7 Å². The first kappa shape index (κ1) is 18.1. The maximum Gasteiger partial charge on any atom is 0.271 e. The molecule has 0 spiro atoms. The van der Waals surface area contributed by atoms with Gasteiger partial charge in [-0.1, -0.05) is 25.4 Å². The Balaban J connectivity index is 2.11. The molecule has 1 fully saturated rings. The van der Waals surface area contributed by atoms with E-state index in [1.807, 2.05) is 13.8 Å². The molecule has 1 amide bonds. The molecule has 7 nitrogen and oxygen atoms in total. The summed E-state index contributed by atoms with van der Waals surface area (Å²) in [7, 11) is -3.26. The van der Waals surface area contributed by atoms with E-state index in [1.165, 1.54) is 16.8 Å². The molecule has 0 bridgehead atoms. The number of halogens is 1. The maximum atomic E-state index is 12.4. The second kappa shape index (κ2) is 7.11. The Hall–Kier alpha value is -1.25. The highest BCUT2D eigenvalue weighted by Crippen LogP contribution is 2.18. The van der Waals surface area contributed by atoms with Crippen LogP contribution in [0.5, 0.6) is 0 Å². The topological polar surface area (TPSA) is 92.3 Å². The number of aromatic nitrogens is 2. The Bertz CT molecular complexity index is 693. The van der Waals surface area contributed by atoms with E-state index in [0.29, 0.717) is 18.8 Å². The first-order valence-electron chi connectivity index (χ1n) is 7.47. The largest absolute Gasteiger partial charge is 0.347 e. The molecule has 23 heavy (non-hydrogen) atoms. The van der Waals surface area contributed by atoms with Crippen LogP contribution in [0.1, 0.15) is 48.9 Å². The summed E-state index contributed by atoms with van der Waals surface area (Å²) >= 11 is 6.02. The number of nitrogens with zero attached hydrogens (tertiary/aromatic N) is 3. The van der Waals surface area contributed by atoms with Crippen LogP contribution in [-0.2, 0) is 10.0 Å². The Morgan fingerprint density at radius 3 is 2.78 bits per heavy atom. The van der Waals surface area contributed by atoms with Gasteiger partial charge < -0.3 is 5.32 Å². The van der Waals surface area contributed by atoms with Crippen LogP contribution in [0.3, 0.4) is 0 Å². The van der Waals surface area contributed by atoms with Crippen LogP contribution in [-0.4, -0.2) is 54.0 Å². The molecule has 1 aliphatic rings. The highest BCUT2D eigenvalue weighted by atomic mass is 35.5. The molecule has 1 unspecified atom stereocenters. The number of hydrogen-bond acceptors (Lipinski definition) is 5. The van der Waals surface area contributed by atoms with E-state index >= 15 is 0 Å². The summed E-state index contributed by atoms with van der Waals surface area (Å²) in [5.74, 6) is 0.217. The van der Waals surface area contributed by atoms with Crippen LogP contribution in [0, 0.1) is 0 Å². The summed E-state index contributed by atoms with van der Waals surface area (Å²) in [5.41, 5.74) is 0.127. The third-order valence-corrected chi connectivity index (χ3v) is 5.23. The molecule has 1 aliphatic heterocycles. The normalized spacial score (nSPS) is 19.8. The zero-order valence-electron chi connectivity index (χ0n) is 13.4. The average Bonchev–Trinajstić information content (AvgIpc) is 2.46. The number of carbonyl (C=O) groups excluding carboxylic acids is 1. The molecule has 1 N–H and O–H groups in total. The number of sulfonamides is 1. The third-order valence-electron chi connectivity index (χ3n) is 3.68. The van der Waals surface area contributed by atoms with Crippen LogP contribution in [0.15, 0.2) is 6.20 Å². The molecule has 1 saturated heterocycles. The van der Waals surface area contributed by atoms with Gasteiger partial charge in [-0.05, 0) is 12.8 Å². The van der Waals surface area contributed by atoms with Gasteiger partial charge in [0.15, 0.2) is 0 Å². The van der Waals surface area contributed by atoms with E-state index in [0.717, 1.165) is 6.42 Å². The second-order valence-corrected chi connectivity index (χ2v) is 8.40. The van der Waals surface area contributed by atoms with Gasteiger partial charge in [-0.25, -0.2) is 22.7 Å². The van der Waals surface area contributed by atoms with Crippen molar-refractivity contribution in [2.24, 2.45) is 0 Å². The van der Waals surface area contributed by atoms with Crippen molar-refractivity contribution in [3.63, 3.8) is 0 Å². The van der Waals surface area contributed by atoms with Gasteiger partial charge in [0.2, 0.25) is 10.0 Å². The smallest absolute Gasteiger partial charge is 0.271 e. The van der Waals surface area contributed by atoms with Gasteiger partial charge in [-0.2, -0.15) is 0 Å². The maximum absolute atomic E-state index is 12.4. The molecule has 0 aliphatic carbocycles. The molecular formula is C14H21ClN4O3S. The van der Waals surface area contributed by atoms with Gasteiger partial charge >= 0.3 is 0 Å². The number of amides is 1. The summed E-state index contributed by atoms with van der Waals surface area (Å²) in [6.07, 6.45) is 4.01. The third kappa shape index (κ3) is 4.62. The van der Waals surface area contributed by atoms with Crippen LogP contribution in [0.4, 0.5) is 0 Å². The lowest BCUT2D eigenvalue weighted by Gasteiger charge is -2.31. The Morgan fingerprint density at radius 1 is 1.48 bits per heavy atom. The Kier molecular flexibility index (Phi) is 5.59. The van der Waals surface area contributed by atoms with Crippen LogP contribution in [0.2, 0.25) is 5.02 Å². The molecular weight excluding hydrogens is 340 g/mol. The molecule has 2 rings (SSSR count). The minimum absolute atomic E-state index is 0.0780. The van der Waals surface area contributed by atoms with Crippen LogP contribution >= 0.6 is 11.6 Å². The molecule has 0 aromatic carbocycles.